The molecule has 0 bridgehead atoms. The molecule has 4 rings (SSSR count). The first-order chi connectivity index (χ1) is 11.8. The van der Waals surface area contributed by atoms with Crippen molar-refractivity contribution in [3.8, 4) is 0 Å². The molecule has 1 aromatic carbocycles. The predicted octanol–water partition coefficient (Wildman–Crippen LogP) is 2.37. The van der Waals surface area contributed by atoms with E-state index in [4.69, 9.17) is 9.15 Å². The number of aromatic nitrogens is 5. The van der Waals surface area contributed by atoms with Crippen molar-refractivity contribution in [2.45, 2.75) is 13.0 Å². The number of anilines is 1. The number of para-hydroxylation sites is 2. The molecule has 0 amide bonds. The van der Waals surface area contributed by atoms with Gasteiger partial charge in [0.1, 0.15) is 17.6 Å². The van der Waals surface area contributed by atoms with Crippen LogP contribution in [0.5, 0.6) is 0 Å². The highest BCUT2D eigenvalue weighted by atomic mass is 16.5. The van der Waals surface area contributed by atoms with Crippen molar-refractivity contribution < 1.29 is 9.15 Å². The van der Waals surface area contributed by atoms with Crippen LogP contribution in [-0.4, -0.2) is 38.7 Å². The number of fused-ring (bicyclic) bond motifs is 3. The van der Waals surface area contributed by atoms with Gasteiger partial charge in [-0.3, -0.25) is 0 Å². The molecule has 3 aromatic heterocycles. The van der Waals surface area contributed by atoms with Crippen molar-refractivity contribution in [3.05, 3.63) is 47.9 Å². The Morgan fingerprint density at radius 1 is 1.25 bits per heavy atom. The van der Waals surface area contributed by atoms with Crippen LogP contribution in [0, 0.1) is 6.92 Å². The van der Waals surface area contributed by atoms with Crippen LogP contribution in [0.3, 0.4) is 0 Å². The maximum absolute atomic E-state index is 5.72. The minimum atomic E-state index is -0.196. The second-order valence-corrected chi connectivity index (χ2v) is 5.46. The zero-order chi connectivity index (χ0) is 16.5. The van der Waals surface area contributed by atoms with E-state index in [1.165, 1.54) is 0 Å². The van der Waals surface area contributed by atoms with E-state index < -0.39 is 0 Å². The molecule has 0 aliphatic rings. The van der Waals surface area contributed by atoms with Crippen LogP contribution in [0.1, 0.15) is 17.6 Å². The van der Waals surface area contributed by atoms with E-state index in [1.807, 2.05) is 43.3 Å². The smallest absolute Gasteiger partial charge is 0.222 e. The zero-order valence-electron chi connectivity index (χ0n) is 13.3. The van der Waals surface area contributed by atoms with Crippen LogP contribution in [0.4, 0.5) is 5.82 Å². The van der Waals surface area contributed by atoms with E-state index in [1.54, 1.807) is 11.6 Å². The molecule has 0 aliphatic carbocycles. The summed E-state index contributed by atoms with van der Waals surface area (Å²) in [6.45, 7) is 2.33. The monoisotopic (exact) mass is 324 g/mol. The lowest BCUT2D eigenvalue weighted by Gasteiger charge is -2.17. The molecule has 1 atom stereocenters. The summed E-state index contributed by atoms with van der Waals surface area (Å²) in [5, 5.41) is 15.3. The molecule has 0 saturated carbocycles. The normalized spacial score (nSPS) is 12.8. The van der Waals surface area contributed by atoms with E-state index in [-0.39, 0.29) is 6.04 Å². The van der Waals surface area contributed by atoms with Crippen molar-refractivity contribution in [2.24, 2.45) is 0 Å². The number of tetrazole rings is 1. The molecule has 0 saturated heterocycles. The van der Waals surface area contributed by atoms with Gasteiger partial charge >= 0.3 is 0 Å². The molecule has 1 N–H and O–H groups in total. The summed E-state index contributed by atoms with van der Waals surface area (Å²) in [6, 6.07) is 11.4. The Balaban J connectivity index is 1.80. The SMILES string of the molecule is COCC(Nc1nc2ccccc2n2nnnc12)c1ccc(C)o1. The molecule has 24 heavy (non-hydrogen) atoms. The second kappa shape index (κ2) is 5.89. The van der Waals surface area contributed by atoms with Crippen molar-refractivity contribution in [1.29, 1.82) is 0 Å². The van der Waals surface area contributed by atoms with Crippen LogP contribution < -0.4 is 5.32 Å². The van der Waals surface area contributed by atoms with Crippen molar-refractivity contribution in [2.75, 3.05) is 19.0 Å². The molecule has 0 fully saturated rings. The fourth-order valence-electron chi connectivity index (χ4n) is 2.67. The van der Waals surface area contributed by atoms with Crippen LogP contribution >= 0.6 is 0 Å². The number of furan rings is 1. The summed E-state index contributed by atoms with van der Waals surface area (Å²) < 4.78 is 12.7. The molecule has 0 spiro atoms. The van der Waals surface area contributed by atoms with Crippen LogP contribution in [0.2, 0.25) is 0 Å². The van der Waals surface area contributed by atoms with Crippen molar-refractivity contribution in [1.82, 2.24) is 25.0 Å². The van der Waals surface area contributed by atoms with Gasteiger partial charge in [-0.2, -0.15) is 4.52 Å². The summed E-state index contributed by atoms with van der Waals surface area (Å²) >= 11 is 0. The van der Waals surface area contributed by atoms with E-state index in [9.17, 15) is 0 Å². The third kappa shape index (κ3) is 2.46. The molecule has 8 heteroatoms. The lowest BCUT2D eigenvalue weighted by molar-refractivity contribution is 0.178. The number of ether oxygens (including phenoxy) is 1. The molecule has 8 nitrogen and oxygen atoms in total. The topological polar surface area (TPSA) is 90.4 Å². The number of hydrogen-bond donors (Lipinski definition) is 1. The van der Waals surface area contributed by atoms with Gasteiger partial charge in [0, 0.05) is 7.11 Å². The van der Waals surface area contributed by atoms with Crippen molar-refractivity contribution in [3.63, 3.8) is 0 Å². The van der Waals surface area contributed by atoms with Crippen LogP contribution in [-0.2, 0) is 4.74 Å². The van der Waals surface area contributed by atoms with Gasteiger partial charge in [-0.1, -0.05) is 12.1 Å². The quantitative estimate of drug-likeness (QED) is 0.602. The molecular weight excluding hydrogens is 308 g/mol. The molecule has 0 aliphatic heterocycles. The first-order valence-electron chi connectivity index (χ1n) is 7.55. The number of methoxy groups -OCH3 is 1. The zero-order valence-corrected chi connectivity index (χ0v) is 13.3. The van der Waals surface area contributed by atoms with Gasteiger partial charge in [-0.15, -0.1) is 5.10 Å². The lowest BCUT2D eigenvalue weighted by Crippen LogP contribution is -2.17. The van der Waals surface area contributed by atoms with Gasteiger partial charge in [0.05, 0.1) is 17.6 Å². The number of hydrogen-bond acceptors (Lipinski definition) is 7. The Hall–Kier alpha value is -3.00. The number of aryl methyl sites for hydroxylation is 1. The van der Waals surface area contributed by atoms with Gasteiger partial charge in [0.2, 0.25) is 5.65 Å². The number of benzene rings is 1. The predicted molar refractivity (Wildman–Crippen MR) is 87.8 cm³/mol. The maximum Gasteiger partial charge on any atom is 0.222 e. The first-order valence-corrected chi connectivity index (χ1v) is 7.55. The van der Waals surface area contributed by atoms with Gasteiger partial charge in [-0.25, -0.2) is 4.98 Å². The highest BCUT2D eigenvalue weighted by Crippen LogP contribution is 2.25. The fraction of sp³-hybridized carbons (Fsp3) is 0.250. The molecule has 3 heterocycles. The Kier molecular flexibility index (Phi) is 3.58. The Bertz CT molecular complexity index is 992. The minimum Gasteiger partial charge on any atom is -0.464 e. The highest BCUT2D eigenvalue weighted by Gasteiger charge is 2.19. The molecule has 4 aromatic rings. The van der Waals surface area contributed by atoms with E-state index in [2.05, 4.69) is 25.8 Å². The number of nitrogens with one attached hydrogen (secondary N) is 1. The fourth-order valence-corrected chi connectivity index (χ4v) is 2.67. The maximum atomic E-state index is 5.72. The van der Waals surface area contributed by atoms with Gasteiger partial charge in [0.15, 0.2) is 5.82 Å². The molecular formula is C16H16N6O2. The van der Waals surface area contributed by atoms with E-state index in [0.29, 0.717) is 18.1 Å². The van der Waals surface area contributed by atoms with E-state index in [0.717, 1.165) is 22.6 Å². The summed E-state index contributed by atoms with van der Waals surface area (Å²) in [4.78, 5) is 4.66. The largest absolute Gasteiger partial charge is 0.464 e. The molecule has 1 unspecified atom stereocenters. The summed E-state index contributed by atoms with van der Waals surface area (Å²) in [5.41, 5.74) is 2.20. The van der Waals surface area contributed by atoms with Gasteiger partial charge < -0.3 is 14.5 Å². The second-order valence-electron chi connectivity index (χ2n) is 5.46. The number of nitrogens with zero attached hydrogens (tertiary/aromatic N) is 5. The Labute approximate surface area is 137 Å². The first kappa shape index (κ1) is 14.6. The minimum absolute atomic E-state index is 0.196. The van der Waals surface area contributed by atoms with Crippen molar-refractivity contribution >= 4 is 22.5 Å². The summed E-state index contributed by atoms with van der Waals surface area (Å²) in [5.74, 6) is 2.19. The third-order valence-corrected chi connectivity index (χ3v) is 3.77. The molecule has 122 valence electrons. The van der Waals surface area contributed by atoms with Gasteiger partial charge in [-0.05, 0) is 41.6 Å². The molecule has 0 radical (unpaired) electrons. The Morgan fingerprint density at radius 2 is 2.12 bits per heavy atom. The Morgan fingerprint density at radius 3 is 2.92 bits per heavy atom. The van der Waals surface area contributed by atoms with Crippen LogP contribution in [0.15, 0.2) is 40.8 Å². The number of rotatable bonds is 5. The summed E-state index contributed by atoms with van der Waals surface area (Å²) in [6.07, 6.45) is 0. The third-order valence-electron chi connectivity index (χ3n) is 3.77. The highest BCUT2D eigenvalue weighted by molar-refractivity contribution is 5.81. The lowest BCUT2D eigenvalue weighted by atomic mass is 10.2. The van der Waals surface area contributed by atoms with Gasteiger partial charge in [0.25, 0.3) is 0 Å². The average molecular weight is 324 g/mol. The van der Waals surface area contributed by atoms with E-state index >= 15 is 0 Å². The average Bonchev–Trinajstić information content (AvgIpc) is 3.24. The summed E-state index contributed by atoms with van der Waals surface area (Å²) in [7, 11) is 1.65. The standard InChI is InChI=1S/C16H16N6O2/c1-10-7-8-14(24-10)12(9-23-2)18-15-16-19-20-21-22(16)13-6-4-3-5-11(13)17-15/h3-8,12H,9H2,1-2H3,(H,17,18). The van der Waals surface area contributed by atoms with Crippen LogP contribution in [0.25, 0.3) is 16.7 Å².